The molecule has 0 saturated carbocycles. The van der Waals surface area contributed by atoms with Crippen molar-refractivity contribution in [3.63, 3.8) is 0 Å². The van der Waals surface area contributed by atoms with Gasteiger partial charge in [0.1, 0.15) is 5.75 Å². The molecule has 0 amide bonds. The summed E-state index contributed by atoms with van der Waals surface area (Å²) in [6.45, 7) is 3.26. The van der Waals surface area contributed by atoms with Gasteiger partial charge in [-0.2, -0.15) is 0 Å². The maximum absolute atomic E-state index is 5.83. The standard InChI is InChI=1S/C12H21N3O/c1-9-4-5-12(16-3)11(6-9)15(2)8-10(14)7-13/h4-6,10H,7-8,13-14H2,1-3H3. The van der Waals surface area contributed by atoms with Crippen LogP contribution in [0.1, 0.15) is 5.56 Å². The quantitative estimate of drug-likeness (QED) is 0.772. The normalized spacial score (nSPS) is 12.3. The van der Waals surface area contributed by atoms with Gasteiger partial charge in [0.15, 0.2) is 0 Å². The van der Waals surface area contributed by atoms with Crippen molar-refractivity contribution in [2.24, 2.45) is 11.5 Å². The number of benzene rings is 1. The van der Waals surface area contributed by atoms with E-state index in [9.17, 15) is 0 Å². The highest BCUT2D eigenvalue weighted by molar-refractivity contribution is 5.59. The summed E-state index contributed by atoms with van der Waals surface area (Å²) in [6, 6.07) is 6.06. The summed E-state index contributed by atoms with van der Waals surface area (Å²) in [5, 5.41) is 0. The highest BCUT2D eigenvalue weighted by Crippen LogP contribution is 2.28. The first-order chi connectivity index (χ1) is 7.58. The van der Waals surface area contributed by atoms with Crippen LogP contribution in [0.4, 0.5) is 5.69 Å². The van der Waals surface area contributed by atoms with Gasteiger partial charge in [-0.3, -0.25) is 0 Å². The summed E-state index contributed by atoms with van der Waals surface area (Å²) >= 11 is 0. The number of nitrogens with two attached hydrogens (primary N) is 2. The average molecular weight is 223 g/mol. The van der Waals surface area contributed by atoms with Gasteiger partial charge in [0.25, 0.3) is 0 Å². The van der Waals surface area contributed by atoms with Crippen molar-refractivity contribution < 1.29 is 4.74 Å². The summed E-state index contributed by atoms with van der Waals surface area (Å²) in [5.41, 5.74) is 13.6. The van der Waals surface area contributed by atoms with Crippen LogP contribution >= 0.6 is 0 Å². The molecule has 16 heavy (non-hydrogen) atoms. The fourth-order valence-electron chi connectivity index (χ4n) is 1.62. The molecule has 0 spiro atoms. The first kappa shape index (κ1) is 12.8. The maximum Gasteiger partial charge on any atom is 0.142 e. The number of likely N-dealkylation sites (N-methyl/N-ethyl adjacent to an activating group) is 1. The third-order valence-electron chi connectivity index (χ3n) is 2.56. The first-order valence-corrected chi connectivity index (χ1v) is 5.40. The Morgan fingerprint density at radius 3 is 2.69 bits per heavy atom. The zero-order valence-corrected chi connectivity index (χ0v) is 10.2. The molecule has 1 rings (SSSR count). The second kappa shape index (κ2) is 5.72. The van der Waals surface area contributed by atoms with Crippen LogP contribution in [0, 0.1) is 6.92 Å². The highest BCUT2D eigenvalue weighted by Gasteiger charge is 2.10. The van der Waals surface area contributed by atoms with E-state index in [0.29, 0.717) is 6.54 Å². The minimum Gasteiger partial charge on any atom is -0.495 e. The van der Waals surface area contributed by atoms with Gasteiger partial charge in [-0.25, -0.2) is 0 Å². The Morgan fingerprint density at radius 2 is 2.12 bits per heavy atom. The molecule has 0 saturated heterocycles. The van der Waals surface area contributed by atoms with E-state index >= 15 is 0 Å². The number of anilines is 1. The number of aryl methyl sites for hydroxylation is 1. The molecule has 0 aliphatic carbocycles. The van der Waals surface area contributed by atoms with E-state index in [1.165, 1.54) is 5.56 Å². The summed E-state index contributed by atoms with van der Waals surface area (Å²) in [6.07, 6.45) is 0. The van der Waals surface area contributed by atoms with Crippen LogP contribution in [-0.4, -0.2) is 33.3 Å². The molecule has 0 aromatic heterocycles. The Balaban J connectivity index is 2.88. The van der Waals surface area contributed by atoms with Crippen LogP contribution in [0.15, 0.2) is 18.2 Å². The Hall–Kier alpha value is -1.26. The molecule has 0 radical (unpaired) electrons. The molecule has 1 unspecified atom stereocenters. The zero-order valence-electron chi connectivity index (χ0n) is 10.2. The van der Waals surface area contributed by atoms with E-state index in [1.807, 2.05) is 19.2 Å². The number of nitrogens with zero attached hydrogens (tertiary/aromatic N) is 1. The Kier molecular flexibility index (Phi) is 4.58. The summed E-state index contributed by atoms with van der Waals surface area (Å²) in [7, 11) is 3.66. The second-order valence-electron chi connectivity index (χ2n) is 4.05. The lowest BCUT2D eigenvalue weighted by molar-refractivity contribution is 0.414. The van der Waals surface area contributed by atoms with Crippen molar-refractivity contribution in [1.82, 2.24) is 0 Å². The van der Waals surface area contributed by atoms with E-state index in [-0.39, 0.29) is 6.04 Å². The third kappa shape index (κ3) is 3.12. The lowest BCUT2D eigenvalue weighted by Gasteiger charge is -2.24. The van der Waals surface area contributed by atoms with Crippen LogP contribution < -0.4 is 21.1 Å². The number of rotatable bonds is 5. The molecule has 1 aromatic carbocycles. The highest BCUT2D eigenvalue weighted by atomic mass is 16.5. The van der Waals surface area contributed by atoms with Gasteiger partial charge >= 0.3 is 0 Å². The van der Waals surface area contributed by atoms with Gasteiger partial charge in [-0.05, 0) is 24.6 Å². The number of hydrogen-bond acceptors (Lipinski definition) is 4. The lowest BCUT2D eigenvalue weighted by Crippen LogP contribution is -2.40. The van der Waals surface area contributed by atoms with Gasteiger partial charge in [-0.1, -0.05) is 6.07 Å². The van der Waals surface area contributed by atoms with E-state index in [2.05, 4.69) is 17.9 Å². The zero-order chi connectivity index (χ0) is 12.1. The van der Waals surface area contributed by atoms with E-state index < -0.39 is 0 Å². The molecule has 90 valence electrons. The minimum atomic E-state index is -0.0183. The predicted molar refractivity (Wildman–Crippen MR) is 68.0 cm³/mol. The largest absolute Gasteiger partial charge is 0.495 e. The lowest BCUT2D eigenvalue weighted by atomic mass is 10.2. The van der Waals surface area contributed by atoms with Crippen LogP contribution in [0.2, 0.25) is 0 Å². The smallest absolute Gasteiger partial charge is 0.142 e. The Morgan fingerprint density at radius 1 is 1.44 bits per heavy atom. The number of ether oxygens (including phenoxy) is 1. The van der Waals surface area contributed by atoms with Crippen LogP contribution in [0.5, 0.6) is 5.75 Å². The van der Waals surface area contributed by atoms with E-state index in [0.717, 1.165) is 18.0 Å². The summed E-state index contributed by atoms with van der Waals surface area (Å²) in [4.78, 5) is 2.07. The number of hydrogen-bond donors (Lipinski definition) is 2. The maximum atomic E-state index is 5.83. The molecule has 0 aliphatic rings. The third-order valence-corrected chi connectivity index (χ3v) is 2.56. The van der Waals surface area contributed by atoms with Crippen molar-refractivity contribution in [2.75, 3.05) is 32.1 Å². The summed E-state index contributed by atoms with van der Waals surface area (Å²) < 4.78 is 5.32. The second-order valence-corrected chi connectivity index (χ2v) is 4.05. The monoisotopic (exact) mass is 223 g/mol. The van der Waals surface area contributed by atoms with Crippen molar-refractivity contribution in [3.05, 3.63) is 23.8 Å². The topological polar surface area (TPSA) is 64.5 Å². The fourth-order valence-corrected chi connectivity index (χ4v) is 1.62. The molecule has 1 atom stereocenters. The molecule has 4 heteroatoms. The SMILES string of the molecule is COc1ccc(C)cc1N(C)CC(N)CN. The molecule has 0 bridgehead atoms. The molecule has 4 nitrogen and oxygen atoms in total. The van der Waals surface area contributed by atoms with Crippen molar-refractivity contribution in [1.29, 1.82) is 0 Å². The minimum absolute atomic E-state index is 0.0183. The molecule has 1 aromatic rings. The van der Waals surface area contributed by atoms with Crippen molar-refractivity contribution in [3.8, 4) is 5.75 Å². The van der Waals surface area contributed by atoms with E-state index in [1.54, 1.807) is 7.11 Å². The van der Waals surface area contributed by atoms with Crippen LogP contribution in [-0.2, 0) is 0 Å². The molecular formula is C12H21N3O. The van der Waals surface area contributed by atoms with Gasteiger partial charge in [0.05, 0.1) is 12.8 Å². The fraction of sp³-hybridized carbons (Fsp3) is 0.500. The first-order valence-electron chi connectivity index (χ1n) is 5.40. The average Bonchev–Trinajstić information content (AvgIpc) is 2.28. The van der Waals surface area contributed by atoms with Crippen LogP contribution in [0.3, 0.4) is 0 Å². The number of methoxy groups -OCH3 is 1. The summed E-state index contributed by atoms with van der Waals surface area (Å²) in [5.74, 6) is 0.859. The van der Waals surface area contributed by atoms with Gasteiger partial charge < -0.3 is 21.1 Å². The molecular weight excluding hydrogens is 202 g/mol. The predicted octanol–water partition coefficient (Wildman–Crippen LogP) is 0.726. The van der Waals surface area contributed by atoms with Gasteiger partial charge in [0.2, 0.25) is 0 Å². The molecule has 4 N–H and O–H groups in total. The van der Waals surface area contributed by atoms with E-state index in [4.69, 9.17) is 16.2 Å². The molecule has 0 fully saturated rings. The van der Waals surface area contributed by atoms with Gasteiger partial charge in [0, 0.05) is 26.2 Å². The molecule has 0 heterocycles. The van der Waals surface area contributed by atoms with Gasteiger partial charge in [-0.15, -0.1) is 0 Å². The Bertz CT molecular complexity index is 341. The van der Waals surface area contributed by atoms with Crippen LogP contribution in [0.25, 0.3) is 0 Å². The Labute approximate surface area is 97.2 Å². The van der Waals surface area contributed by atoms with Crippen molar-refractivity contribution in [2.45, 2.75) is 13.0 Å². The van der Waals surface area contributed by atoms with Crippen molar-refractivity contribution >= 4 is 5.69 Å². The molecule has 0 aliphatic heterocycles.